The summed E-state index contributed by atoms with van der Waals surface area (Å²) in [7, 11) is 1.99. The number of rotatable bonds is 4. The van der Waals surface area contributed by atoms with E-state index in [1.807, 2.05) is 47.9 Å². The lowest BCUT2D eigenvalue weighted by Crippen LogP contribution is -2.35. The maximum absolute atomic E-state index is 13.3. The Morgan fingerprint density at radius 3 is 2.70 bits per heavy atom. The fourth-order valence-corrected chi connectivity index (χ4v) is 4.58. The summed E-state index contributed by atoms with van der Waals surface area (Å²) in [4.78, 5) is 22.3. The van der Waals surface area contributed by atoms with Crippen molar-refractivity contribution in [3.05, 3.63) is 47.5 Å². The van der Waals surface area contributed by atoms with Crippen molar-refractivity contribution >= 4 is 5.91 Å². The quantitative estimate of drug-likeness (QED) is 0.833. The molecule has 1 amide bonds. The van der Waals surface area contributed by atoms with Gasteiger partial charge in [-0.3, -0.25) is 19.4 Å². The molecule has 2 aromatic rings. The van der Waals surface area contributed by atoms with Crippen LogP contribution < -0.4 is 0 Å². The second kappa shape index (κ2) is 7.43. The van der Waals surface area contributed by atoms with Gasteiger partial charge in [-0.05, 0) is 63.9 Å². The van der Waals surface area contributed by atoms with Crippen LogP contribution in [0.2, 0.25) is 0 Å². The van der Waals surface area contributed by atoms with E-state index < -0.39 is 0 Å². The highest BCUT2D eigenvalue weighted by molar-refractivity contribution is 5.84. The normalized spacial score (nSPS) is 23.9. The lowest BCUT2D eigenvalue weighted by atomic mass is 9.79. The minimum absolute atomic E-state index is 0.162. The highest BCUT2D eigenvalue weighted by Gasteiger charge is 2.46. The molecule has 6 nitrogen and oxygen atoms in total. The SMILES string of the molecule is Cc1cccc(CN2CC[C@]3(CCCN(Cc4ccnn4C)CC3)C2=O)n1. The molecule has 6 heteroatoms. The van der Waals surface area contributed by atoms with E-state index in [0.717, 1.165) is 63.3 Å². The molecule has 2 fully saturated rings. The molecule has 2 aromatic heterocycles. The Bertz CT molecular complexity index is 816. The van der Waals surface area contributed by atoms with Crippen LogP contribution in [0.5, 0.6) is 0 Å². The molecule has 2 aliphatic rings. The lowest BCUT2D eigenvalue weighted by Gasteiger charge is -2.26. The third kappa shape index (κ3) is 3.76. The Morgan fingerprint density at radius 2 is 1.93 bits per heavy atom. The summed E-state index contributed by atoms with van der Waals surface area (Å²) in [6, 6.07) is 8.13. The number of nitrogens with zero attached hydrogens (tertiary/aromatic N) is 5. The molecule has 2 aliphatic heterocycles. The zero-order valence-electron chi connectivity index (χ0n) is 16.4. The summed E-state index contributed by atoms with van der Waals surface area (Å²) in [5.74, 6) is 0.341. The van der Waals surface area contributed by atoms with Crippen molar-refractivity contribution in [2.75, 3.05) is 19.6 Å². The summed E-state index contributed by atoms with van der Waals surface area (Å²) in [6.07, 6.45) is 5.89. The van der Waals surface area contributed by atoms with E-state index >= 15 is 0 Å². The van der Waals surface area contributed by atoms with Gasteiger partial charge in [-0.1, -0.05) is 6.07 Å². The molecule has 1 atom stereocenters. The minimum Gasteiger partial charge on any atom is -0.336 e. The van der Waals surface area contributed by atoms with E-state index in [4.69, 9.17) is 0 Å². The van der Waals surface area contributed by atoms with Gasteiger partial charge in [0.15, 0.2) is 0 Å². The Morgan fingerprint density at radius 1 is 1.07 bits per heavy atom. The van der Waals surface area contributed by atoms with Crippen LogP contribution in [0.25, 0.3) is 0 Å². The Hall–Kier alpha value is -2.21. The first-order valence-corrected chi connectivity index (χ1v) is 9.97. The highest BCUT2D eigenvalue weighted by Crippen LogP contribution is 2.42. The molecule has 0 aromatic carbocycles. The number of hydrogen-bond donors (Lipinski definition) is 0. The Balaban J connectivity index is 1.40. The second-order valence-corrected chi connectivity index (χ2v) is 8.10. The fraction of sp³-hybridized carbons (Fsp3) is 0.571. The van der Waals surface area contributed by atoms with Crippen molar-refractivity contribution in [1.82, 2.24) is 24.6 Å². The van der Waals surface area contributed by atoms with Gasteiger partial charge in [0.1, 0.15) is 0 Å². The Labute approximate surface area is 161 Å². The molecule has 0 unspecified atom stereocenters. The first-order valence-electron chi connectivity index (χ1n) is 9.97. The van der Waals surface area contributed by atoms with E-state index in [2.05, 4.69) is 21.0 Å². The average molecular weight is 367 g/mol. The van der Waals surface area contributed by atoms with Crippen LogP contribution in [0.1, 0.15) is 42.8 Å². The standard InChI is InChI=1S/C21H29N5O/c1-17-5-3-6-18(23-17)15-26-14-10-21(20(26)27)8-4-12-25(13-9-21)16-19-7-11-22-24(19)2/h3,5-7,11H,4,8-10,12-16H2,1-2H3/t21-/m1/s1. The maximum atomic E-state index is 13.3. The highest BCUT2D eigenvalue weighted by atomic mass is 16.2. The van der Waals surface area contributed by atoms with Crippen LogP contribution in [-0.2, 0) is 24.9 Å². The molecule has 27 heavy (non-hydrogen) atoms. The molecule has 1 spiro atoms. The molecule has 4 rings (SSSR count). The molecule has 144 valence electrons. The van der Waals surface area contributed by atoms with Crippen molar-refractivity contribution in [3.8, 4) is 0 Å². The topological polar surface area (TPSA) is 54.3 Å². The van der Waals surface area contributed by atoms with Gasteiger partial charge in [0, 0.05) is 32.0 Å². The van der Waals surface area contributed by atoms with Crippen molar-refractivity contribution in [3.63, 3.8) is 0 Å². The zero-order valence-corrected chi connectivity index (χ0v) is 16.4. The van der Waals surface area contributed by atoms with Crippen molar-refractivity contribution in [2.24, 2.45) is 12.5 Å². The number of aryl methyl sites for hydroxylation is 2. The summed E-state index contributed by atoms with van der Waals surface area (Å²) in [6.45, 7) is 6.45. The van der Waals surface area contributed by atoms with E-state index in [1.165, 1.54) is 5.69 Å². The predicted octanol–water partition coefficient (Wildman–Crippen LogP) is 2.53. The van der Waals surface area contributed by atoms with E-state index in [-0.39, 0.29) is 5.41 Å². The first kappa shape index (κ1) is 18.2. The number of likely N-dealkylation sites (tertiary alicyclic amines) is 2. The largest absolute Gasteiger partial charge is 0.336 e. The third-order valence-electron chi connectivity index (χ3n) is 6.24. The second-order valence-electron chi connectivity index (χ2n) is 8.10. The molecule has 0 saturated carbocycles. The molecular formula is C21H29N5O. The number of carbonyl (C=O) groups is 1. The van der Waals surface area contributed by atoms with Crippen LogP contribution in [0.4, 0.5) is 0 Å². The monoisotopic (exact) mass is 367 g/mol. The zero-order chi connectivity index (χ0) is 18.9. The molecule has 2 saturated heterocycles. The van der Waals surface area contributed by atoms with Gasteiger partial charge >= 0.3 is 0 Å². The van der Waals surface area contributed by atoms with Gasteiger partial charge in [-0.25, -0.2) is 0 Å². The molecule has 0 bridgehead atoms. The van der Waals surface area contributed by atoms with Crippen LogP contribution in [-0.4, -0.2) is 50.1 Å². The van der Waals surface area contributed by atoms with Crippen LogP contribution >= 0.6 is 0 Å². The molecule has 0 radical (unpaired) electrons. The number of pyridine rings is 1. The van der Waals surface area contributed by atoms with Crippen LogP contribution in [0, 0.1) is 12.3 Å². The van der Waals surface area contributed by atoms with Gasteiger partial charge in [-0.15, -0.1) is 0 Å². The van der Waals surface area contributed by atoms with E-state index in [0.29, 0.717) is 12.5 Å². The smallest absolute Gasteiger partial charge is 0.229 e. The molecule has 0 aliphatic carbocycles. The Kier molecular flexibility index (Phi) is 5.00. The van der Waals surface area contributed by atoms with Crippen molar-refractivity contribution < 1.29 is 4.79 Å². The van der Waals surface area contributed by atoms with Crippen LogP contribution in [0.15, 0.2) is 30.5 Å². The lowest BCUT2D eigenvalue weighted by molar-refractivity contribution is -0.137. The van der Waals surface area contributed by atoms with Crippen molar-refractivity contribution in [2.45, 2.75) is 45.7 Å². The summed E-state index contributed by atoms with van der Waals surface area (Å²) in [5.41, 5.74) is 3.07. The summed E-state index contributed by atoms with van der Waals surface area (Å²) in [5, 5.41) is 4.27. The fourth-order valence-electron chi connectivity index (χ4n) is 4.58. The number of carbonyl (C=O) groups excluding carboxylic acids is 1. The minimum atomic E-state index is -0.162. The van der Waals surface area contributed by atoms with Gasteiger partial charge < -0.3 is 4.90 Å². The summed E-state index contributed by atoms with van der Waals surface area (Å²) >= 11 is 0. The first-order chi connectivity index (χ1) is 13.1. The number of aromatic nitrogens is 3. The van der Waals surface area contributed by atoms with Gasteiger partial charge in [0.25, 0.3) is 0 Å². The average Bonchev–Trinajstić information content (AvgIpc) is 3.09. The maximum Gasteiger partial charge on any atom is 0.229 e. The van der Waals surface area contributed by atoms with Gasteiger partial charge in [-0.2, -0.15) is 5.10 Å². The number of hydrogen-bond acceptors (Lipinski definition) is 4. The van der Waals surface area contributed by atoms with E-state index in [9.17, 15) is 4.79 Å². The number of amides is 1. The molecule has 0 N–H and O–H groups in total. The van der Waals surface area contributed by atoms with E-state index in [1.54, 1.807) is 0 Å². The third-order valence-corrected chi connectivity index (χ3v) is 6.24. The molecule has 4 heterocycles. The van der Waals surface area contributed by atoms with Crippen LogP contribution in [0.3, 0.4) is 0 Å². The predicted molar refractivity (Wildman–Crippen MR) is 104 cm³/mol. The van der Waals surface area contributed by atoms with Gasteiger partial charge in [0.05, 0.1) is 23.3 Å². The molecular weight excluding hydrogens is 338 g/mol. The van der Waals surface area contributed by atoms with Crippen molar-refractivity contribution in [1.29, 1.82) is 0 Å². The summed E-state index contributed by atoms with van der Waals surface area (Å²) < 4.78 is 1.94. The van der Waals surface area contributed by atoms with Gasteiger partial charge in [0.2, 0.25) is 5.91 Å².